The molecule has 0 aliphatic carbocycles. The monoisotopic (exact) mass is 513 g/mol. The summed E-state index contributed by atoms with van der Waals surface area (Å²) in [6.45, 7) is 14.5. The van der Waals surface area contributed by atoms with Crippen LogP contribution in [-0.4, -0.2) is 73.0 Å². The van der Waals surface area contributed by atoms with Gasteiger partial charge in [-0.15, -0.1) is 0 Å². The van der Waals surface area contributed by atoms with Gasteiger partial charge in [0.2, 0.25) is 11.8 Å². The van der Waals surface area contributed by atoms with Crippen molar-refractivity contribution in [2.24, 2.45) is 11.3 Å². The van der Waals surface area contributed by atoms with Gasteiger partial charge >= 0.3 is 5.97 Å². The summed E-state index contributed by atoms with van der Waals surface area (Å²) in [5, 5.41) is 3.12. The molecule has 7 nitrogen and oxygen atoms in total. The van der Waals surface area contributed by atoms with Crippen molar-refractivity contribution in [3.63, 3.8) is 0 Å². The SMILES string of the molecule is CCOC(=O)/C(C)=C/[C@H](C(C)C)N(C)C(=O)C(NC(=O)[C@@H]1C[C@@H](c2ccccc2)CCN1C)C(C)(C)C. The normalized spacial score (nSPS) is 20.8. The first-order chi connectivity index (χ1) is 17.3. The van der Waals surface area contributed by atoms with Crippen LogP contribution < -0.4 is 5.32 Å². The zero-order valence-electron chi connectivity index (χ0n) is 24.2. The molecule has 1 unspecified atom stereocenters. The van der Waals surface area contributed by atoms with Crippen LogP contribution in [0.25, 0.3) is 0 Å². The van der Waals surface area contributed by atoms with Crippen LogP contribution in [0.2, 0.25) is 0 Å². The second-order valence-corrected chi connectivity index (χ2v) is 11.7. The summed E-state index contributed by atoms with van der Waals surface area (Å²) >= 11 is 0. The molecule has 0 bridgehead atoms. The Morgan fingerprint density at radius 3 is 2.35 bits per heavy atom. The Balaban J connectivity index is 2.25. The van der Waals surface area contributed by atoms with Gasteiger partial charge in [0.1, 0.15) is 6.04 Å². The lowest BCUT2D eigenvalue weighted by Gasteiger charge is -2.40. The highest BCUT2D eigenvalue weighted by molar-refractivity contribution is 5.91. The fourth-order valence-electron chi connectivity index (χ4n) is 4.98. The Labute approximate surface area is 223 Å². The fraction of sp³-hybridized carbons (Fsp3) is 0.633. The molecular weight excluding hydrogens is 466 g/mol. The molecule has 7 heteroatoms. The van der Waals surface area contributed by atoms with Crippen molar-refractivity contribution >= 4 is 17.8 Å². The molecule has 0 spiro atoms. The Morgan fingerprint density at radius 2 is 1.81 bits per heavy atom. The van der Waals surface area contributed by atoms with E-state index in [-0.39, 0.29) is 35.8 Å². The summed E-state index contributed by atoms with van der Waals surface area (Å²) in [5.41, 5.74) is 1.21. The number of likely N-dealkylation sites (tertiary alicyclic amines) is 1. The molecule has 1 aromatic rings. The summed E-state index contributed by atoms with van der Waals surface area (Å²) in [5.74, 6) is -0.315. The fourth-order valence-corrected chi connectivity index (χ4v) is 4.98. The quantitative estimate of drug-likeness (QED) is 0.391. The molecule has 1 aliphatic rings. The third-order valence-corrected chi connectivity index (χ3v) is 7.34. The molecule has 1 aliphatic heterocycles. The molecule has 37 heavy (non-hydrogen) atoms. The van der Waals surface area contributed by atoms with E-state index < -0.39 is 11.5 Å². The van der Waals surface area contributed by atoms with E-state index in [0.29, 0.717) is 24.5 Å². The molecule has 1 aromatic carbocycles. The maximum absolute atomic E-state index is 13.9. The highest BCUT2D eigenvalue weighted by Gasteiger charge is 2.40. The largest absolute Gasteiger partial charge is 0.463 e. The van der Waals surface area contributed by atoms with Gasteiger partial charge in [-0.1, -0.05) is 71.0 Å². The highest BCUT2D eigenvalue weighted by atomic mass is 16.5. The van der Waals surface area contributed by atoms with Crippen LogP contribution in [0.4, 0.5) is 0 Å². The van der Waals surface area contributed by atoms with Crippen LogP contribution in [0.15, 0.2) is 42.0 Å². The second-order valence-electron chi connectivity index (χ2n) is 11.7. The van der Waals surface area contributed by atoms with E-state index in [9.17, 15) is 14.4 Å². The first-order valence-corrected chi connectivity index (χ1v) is 13.5. The Morgan fingerprint density at radius 1 is 1.19 bits per heavy atom. The molecule has 1 fully saturated rings. The smallest absolute Gasteiger partial charge is 0.333 e. The van der Waals surface area contributed by atoms with Gasteiger partial charge in [-0.2, -0.15) is 0 Å². The van der Waals surface area contributed by atoms with Gasteiger partial charge in [-0.3, -0.25) is 14.5 Å². The van der Waals surface area contributed by atoms with Crippen LogP contribution in [0.5, 0.6) is 0 Å². The number of amides is 2. The zero-order chi connectivity index (χ0) is 27.9. The lowest BCUT2D eigenvalue weighted by Crippen LogP contribution is -2.60. The van der Waals surface area contributed by atoms with Crippen LogP contribution in [0, 0.1) is 11.3 Å². The number of carbonyl (C=O) groups is 3. The number of hydrogen-bond acceptors (Lipinski definition) is 5. The predicted octanol–water partition coefficient (Wildman–Crippen LogP) is 4.39. The Kier molecular flexibility index (Phi) is 10.9. The van der Waals surface area contributed by atoms with E-state index in [2.05, 4.69) is 22.3 Å². The molecule has 1 heterocycles. The van der Waals surface area contributed by atoms with Gasteiger partial charge in [-0.05, 0) is 63.1 Å². The number of carbonyl (C=O) groups excluding carboxylic acids is 3. The van der Waals surface area contributed by atoms with E-state index in [1.807, 2.05) is 59.9 Å². The highest BCUT2D eigenvalue weighted by Crippen LogP contribution is 2.31. The molecule has 0 radical (unpaired) electrons. The summed E-state index contributed by atoms with van der Waals surface area (Å²) < 4.78 is 5.12. The minimum atomic E-state index is -0.715. The van der Waals surface area contributed by atoms with Gasteiger partial charge < -0.3 is 15.0 Å². The first-order valence-electron chi connectivity index (χ1n) is 13.5. The Bertz CT molecular complexity index is 951. The topological polar surface area (TPSA) is 79.0 Å². The third kappa shape index (κ3) is 8.16. The number of ether oxygens (including phenoxy) is 1. The van der Waals surface area contributed by atoms with Crippen molar-refractivity contribution in [1.29, 1.82) is 0 Å². The number of benzene rings is 1. The lowest BCUT2D eigenvalue weighted by molar-refractivity contribution is -0.142. The number of nitrogens with one attached hydrogen (secondary N) is 1. The van der Waals surface area contributed by atoms with Crippen molar-refractivity contribution in [2.45, 2.75) is 85.4 Å². The molecular formula is C30H47N3O4. The molecule has 2 rings (SSSR count). The number of likely N-dealkylation sites (N-methyl/N-ethyl adjacent to an activating group) is 2. The van der Waals surface area contributed by atoms with Gasteiger partial charge in [0.25, 0.3) is 0 Å². The second kappa shape index (κ2) is 13.2. The Hall–Kier alpha value is -2.67. The number of esters is 1. The van der Waals surface area contributed by atoms with Gasteiger partial charge in [0.05, 0.1) is 18.7 Å². The number of rotatable bonds is 9. The van der Waals surface area contributed by atoms with Gasteiger partial charge in [-0.25, -0.2) is 4.79 Å². The molecule has 2 amide bonds. The van der Waals surface area contributed by atoms with Crippen molar-refractivity contribution < 1.29 is 19.1 Å². The summed E-state index contributed by atoms with van der Waals surface area (Å²) in [7, 11) is 3.72. The minimum absolute atomic E-state index is 0.0609. The maximum Gasteiger partial charge on any atom is 0.333 e. The zero-order valence-corrected chi connectivity index (χ0v) is 24.2. The molecule has 0 saturated carbocycles. The minimum Gasteiger partial charge on any atom is -0.463 e. The average Bonchev–Trinajstić information content (AvgIpc) is 2.84. The van der Waals surface area contributed by atoms with E-state index in [4.69, 9.17) is 4.74 Å². The van der Waals surface area contributed by atoms with E-state index in [1.165, 1.54) is 5.56 Å². The van der Waals surface area contributed by atoms with E-state index in [1.54, 1.807) is 31.9 Å². The van der Waals surface area contributed by atoms with Crippen molar-refractivity contribution in [2.75, 3.05) is 27.2 Å². The number of hydrogen-bond donors (Lipinski definition) is 1. The molecule has 1 N–H and O–H groups in total. The van der Waals surface area contributed by atoms with E-state index in [0.717, 1.165) is 13.0 Å². The van der Waals surface area contributed by atoms with E-state index >= 15 is 0 Å². The summed E-state index contributed by atoms with van der Waals surface area (Å²) in [4.78, 5) is 43.4. The maximum atomic E-state index is 13.9. The van der Waals surface area contributed by atoms with Crippen LogP contribution in [-0.2, 0) is 19.1 Å². The van der Waals surface area contributed by atoms with Crippen LogP contribution in [0.3, 0.4) is 0 Å². The van der Waals surface area contributed by atoms with Gasteiger partial charge in [0, 0.05) is 12.6 Å². The molecule has 4 atom stereocenters. The standard InChI is InChI=1S/C30H47N3O4/c1-10-37-29(36)21(4)18-24(20(2)3)33(9)28(35)26(30(5,6)7)31-27(34)25-19-23(16-17-32(25)8)22-14-12-11-13-15-22/h11-15,18,20,23-26H,10,16-17,19H2,1-9H3,(H,31,34)/b21-18+/t23-,24+,25-,26?/m0/s1. The summed E-state index contributed by atoms with van der Waals surface area (Å²) in [6.07, 6.45) is 3.50. The average molecular weight is 514 g/mol. The molecule has 0 aromatic heterocycles. The van der Waals surface area contributed by atoms with Crippen LogP contribution >= 0.6 is 0 Å². The number of nitrogens with zero attached hydrogens (tertiary/aromatic N) is 2. The number of piperidine rings is 1. The third-order valence-electron chi connectivity index (χ3n) is 7.34. The van der Waals surface area contributed by atoms with Crippen molar-refractivity contribution in [3.8, 4) is 0 Å². The molecule has 206 valence electrons. The first kappa shape index (κ1) is 30.6. The predicted molar refractivity (Wildman–Crippen MR) is 148 cm³/mol. The van der Waals surface area contributed by atoms with Gasteiger partial charge in [0.15, 0.2) is 0 Å². The van der Waals surface area contributed by atoms with Crippen molar-refractivity contribution in [3.05, 3.63) is 47.5 Å². The van der Waals surface area contributed by atoms with Crippen LogP contribution in [0.1, 0.15) is 72.8 Å². The molecule has 1 saturated heterocycles. The lowest BCUT2D eigenvalue weighted by atomic mass is 9.83. The summed E-state index contributed by atoms with van der Waals surface area (Å²) in [6, 6.07) is 8.98. The van der Waals surface area contributed by atoms with Crippen molar-refractivity contribution in [1.82, 2.24) is 15.1 Å².